The lowest BCUT2D eigenvalue weighted by atomic mass is 10.1. The minimum atomic E-state index is 0.324. The standard InChI is InChI=1S/C17H18N6S/c1-3-13(11-18-6-1)12-23-9-2-4-15(23)14-5-7-19-16(21-14)22-17-20-8-10-24-17/h1,3,5-8,10-11,15H,2,4,9,12H2,(H,19,20,21,22)/t15-/m1/s1. The van der Waals surface area contributed by atoms with Crippen LogP contribution in [0.4, 0.5) is 11.1 Å². The Balaban J connectivity index is 1.51. The minimum Gasteiger partial charge on any atom is -0.300 e. The van der Waals surface area contributed by atoms with Crippen molar-refractivity contribution in [2.75, 3.05) is 11.9 Å². The van der Waals surface area contributed by atoms with Gasteiger partial charge in [0.2, 0.25) is 5.95 Å². The Morgan fingerprint density at radius 2 is 2.21 bits per heavy atom. The van der Waals surface area contributed by atoms with Crippen molar-refractivity contribution in [3.8, 4) is 0 Å². The minimum absolute atomic E-state index is 0.324. The second kappa shape index (κ2) is 7.02. The molecule has 0 aromatic carbocycles. The van der Waals surface area contributed by atoms with Crippen molar-refractivity contribution in [3.63, 3.8) is 0 Å². The van der Waals surface area contributed by atoms with Crippen LogP contribution in [-0.2, 0) is 6.54 Å². The van der Waals surface area contributed by atoms with E-state index in [1.54, 1.807) is 6.20 Å². The molecule has 0 bridgehead atoms. The van der Waals surface area contributed by atoms with Crippen LogP contribution in [0.5, 0.6) is 0 Å². The molecular formula is C17H18N6S. The molecule has 0 aliphatic carbocycles. The molecule has 3 aromatic rings. The molecule has 0 amide bonds. The van der Waals surface area contributed by atoms with Crippen LogP contribution in [0.1, 0.15) is 30.1 Å². The number of anilines is 2. The highest BCUT2D eigenvalue weighted by atomic mass is 32.1. The highest BCUT2D eigenvalue weighted by Gasteiger charge is 2.27. The van der Waals surface area contributed by atoms with E-state index in [2.05, 4.69) is 31.2 Å². The van der Waals surface area contributed by atoms with Gasteiger partial charge in [-0.1, -0.05) is 6.07 Å². The maximum Gasteiger partial charge on any atom is 0.229 e. The lowest BCUT2D eigenvalue weighted by molar-refractivity contribution is 0.244. The van der Waals surface area contributed by atoms with E-state index in [0.29, 0.717) is 12.0 Å². The Morgan fingerprint density at radius 3 is 3.04 bits per heavy atom. The molecule has 7 heteroatoms. The largest absolute Gasteiger partial charge is 0.300 e. The van der Waals surface area contributed by atoms with E-state index < -0.39 is 0 Å². The van der Waals surface area contributed by atoms with Crippen molar-refractivity contribution in [1.82, 2.24) is 24.8 Å². The first-order valence-electron chi connectivity index (χ1n) is 8.01. The molecule has 0 spiro atoms. The molecule has 1 aliphatic rings. The van der Waals surface area contributed by atoms with Gasteiger partial charge in [0.05, 0.1) is 11.7 Å². The van der Waals surface area contributed by atoms with Gasteiger partial charge in [0.1, 0.15) is 0 Å². The molecule has 0 saturated carbocycles. The third kappa shape index (κ3) is 3.42. The van der Waals surface area contributed by atoms with Crippen molar-refractivity contribution in [3.05, 3.63) is 59.6 Å². The average Bonchev–Trinajstić information content (AvgIpc) is 3.28. The van der Waals surface area contributed by atoms with Crippen molar-refractivity contribution < 1.29 is 0 Å². The van der Waals surface area contributed by atoms with Crippen molar-refractivity contribution in [1.29, 1.82) is 0 Å². The molecule has 1 fully saturated rings. The summed E-state index contributed by atoms with van der Waals surface area (Å²) in [6, 6.07) is 6.45. The van der Waals surface area contributed by atoms with Gasteiger partial charge in [0, 0.05) is 36.7 Å². The molecule has 0 unspecified atom stereocenters. The second-order valence-corrected chi connectivity index (χ2v) is 6.65. The van der Waals surface area contributed by atoms with Crippen LogP contribution >= 0.6 is 11.3 Å². The topological polar surface area (TPSA) is 66.8 Å². The summed E-state index contributed by atoms with van der Waals surface area (Å²) in [6.45, 7) is 1.98. The van der Waals surface area contributed by atoms with Gasteiger partial charge in [-0.05, 0) is 37.1 Å². The van der Waals surface area contributed by atoms with Crippen molar-refractivity contribution in [2.24, 2.45) is 0 Å². The number of nitrogens with one attached hydrogen (secondary N) is 1. The lowest BCUT2D eigenvalue weighted by Gasteiger charge is -2.24. The molecule has 3 aromatic heterocycles. The summed E-state index contributed by atoms with van der Waals surface area (Å²) >= 11 is 1.54. The summed E-state index contributed by atoms with van der Waals surface area (Å²) in [7, 11) is 0. The third-order valence-electron chi connectivity index (χ3n) is 4.14. The van der Waals surface area contributed by atoms with Crippen LogP contribution in [0.25, 0.3) is 0 Å². The van der Waals surface area contributed by atoms with E-state index in [9.17, 15) is 0 Å². The van der Waals surface area contributed by atoms with Crippen LogP contribution < -0.4 is 5.32 Å². The zero-order valence-electron chi connectivity index (χ0n) is 13.2. The van der Waals surface area contributed by atoms with Gasteiger partial charge < -0.3 is 5.32 Å². The van der Waals surface area contributed by atoms with Gasteiger partial charge in [0.25, 0.3) is 0 Å². The number of nitrogens with zero attached hydrogens (tertiary/aromatic N) is 5. The number of thiazole rings is 1. The van der Waals surface area contributed by atoms with Gasteiger partial charge in [-0.2, -0.15) is 0 Å². The predicted molar refractivity (Wildman–Crippen MR) is 94.1 cm³/mol. The second-order valence-electron chi connectivity index (χ2n) is 5.76. The quantitative estimate of drug-likeness (QED) is 0.769. The normalized spacial score (nSPS) is 17.9. The van der Waals surface area contributed by atoms with E-state index in [1.165, 1.54) is 23.3 Å². The molecule has 4 rings (SSSR count). The molecule has 1 atom stereocenters. The van der Waals surface area contributed by atoms with E-state index in [4.69, 9.17) is 4.98 Å². The molecule has 1 saturated heterocycles. The number of rotatable bonds is 5. The summed E-state index contributed by atoms with van der Waals surface area (Å²) in [5, 5.41) is 5.91. The number of likely N-dealkylation sites (tertiary alicyclic amines) is 1. The zero-order valence-corrected chi connectivity index (χ0v) is 14.0. The first-order valence-corrected chi connectivity index (χ1v) is 8.89. The van der Waals surface area contributed by atoms with Gasteiger partial charge >= 0.3 is 0 Å². The smallest absolute Gasteiger partial charge is 0.229 e. The lowest BCUT2D eigenvalue weighted by Crippen LogP contribution is -2.23. The molecule has 0 radical (unpaired) electrons. The maximum atomic E-state index is 4.71. The number of aromatic nitrogens is 4. The van der Waals surface area contributed by atoms with Gasteiger partial charge in [0.15, 0.2) is 5.13 Å². The first-order chi connectivity index (χ1) is 11.9. The summed E-state index contributed by atoms with van der Waals surface area (Å²) in [6.07, 6.45) is 9.64. The Hall–Kier alpha value is -2.38. The average molecular weight is 338 g/mol. The fraction of sp³-hybridized carbons (Fsp3) is 0.294. The van der Waals surface area contributed by atoms with Gasteiger partial charge in [-0.3, -0.25) is 9.88 Å². The fourth-order valence-corrected chi connectivity index (χ4v) is 3.60. The molecule has 4 heterocycles. The summed E-state index contributed by atoms with van der Waals surface area (Å²) < 4.78 is 0. The van der Waals surface area contributed by atoms with E-state index in [1.807, 2.05) is 36.1 Å². The predicted octanol–water partition coefficient (Wildman–Crippen LogP) is 3.41. The van der Waals surface area contributed by atoms with Crippen LogP contribution in [0.3, 0.4) is 0 Å². The Morgan fingerprint density at radius 1 is 1.21 bits per heavy atom. The number of pyridine rings is 1. The Kier molecular flexibility index (Phi) is 4.44. The van der Waals surface area contributed by atoms with Crippen LogP contribution in [0, 0.1) is 0 Å². The maximum absolute atomic E-state index is 4.71. The van der Waals surface area contributed by atoms with Crippen LogP contribution in [0.15, 0.2) is 48.4 Å². The molecule has 6 nitrogen and oxygen atoms in total. The van der Waals surface area contributed by atoms with Crippen LogP contribution in [-0.4, -0.2) is 31.4 Å². The van der Waals surface area contributed by atoms with E-state index in [0.717, 1.165) is 30.3 Å². The highest BCUT2D eigenvalue weighted by molar-refractivity contribution is 7.13. The number of hydrogen-bond acceptors (Lipinski definition) is 7. The van der Waals surface area contributed by atoms with Crippen molar-refractivity contribution in [2.45, 2.75) is 25.4 Å². The molecule has 122 valence electrons. The Labute approximate surface area is 144 Å². The summed E-state index contributed by atoms with van der Waals surface area (Å²) in [5.41, 5.74) is 2.30. The monoisotopic (exact) mass is 338 g/mol. The van der Waals surface area contributed by atoms with Crippen LogP contribution in [0.2, 0.25) is 0 Å². The van der Waals surface area contributed by atoms with E-state index >= 15 is 0 Å². The van der Waals surface area contributed by atoms with Gasteiger partial charge in [-0.15, -0.1) is 11.3 Å². The summed E-state index contributed by atoms with van der Waals surface area (Å²) in [5.74, 6) is 0.607. The Bertz CT molecular complexity index is 777. The molecule has 1 N–H and O–H groups in total. The zero-order chi connectivity index (χ0) is 16.2. The van der Waals surface area contributed by atoms with Crippen molar-refractivity contribution >= 4 is 22.4 Å². The molecule has 24 heavy (non-hydrogen) atoms. The highest BCUT2D eigenvalue weighted by Crippen LogP contribution is 2.32. The third-order valence-corrected chi connectivity index (χ3v) is 4.83. The van der Waals surface area contributed by atoms with Gasteiger partial charge in [-0.25, -0.2) is 15.0 Å². The first kappa shape index (κ1) is 15.2. The summed E-state index contributed by atoms with van der Waals surface area (Å²) in [4.78, 5) is 19.9. The SMILES string of the molecule is c1cncc(CN2CCC[C@@H]2c2ccnc(Nc3nccs3)n2)c1. The molecular weight excluding hydrogens is 320 g/mol. The molecule has 1 aliphatic heterocycles. The fourth-order valence-electron chi connectivity index (χ4n) is 3.08. The van der Waals surface area contributed by atoms with E-state index in [-0.39, 0.29) is 0 Å². The number of hydrogen-bond donors (Lipinski definition) is 1.